The number of hydrogen-bond acceptors (Lipinski definition) is 2. The fourth-order valence-corrected chi connectivity index (χ4v) is 2.15. The molecule has 16 heavy (non-hydrogen) atoms. The molecule has 1 aliphatic heterocycles. The molecule has 0 aromatic rings. The molecule has 0 atom stereocenters. The van der Waals surface area contributed by atoms with E-state index in [1.165, 1.54) is 0 Å². The zero-order chi connectivity index (χ0) is 12.0. The summed E-state index contributed by atoms with van der Waals surface area (Å²) >= 11 is 0. The molecule has 1 saturated heterocycles. The van der Waals surface area contributed by atoms with Gasteiger partial charge in [-0.25, -0.2) is 0 Å². The van der Waals surface area contributed by atoms with Gasteiger partial charge in [-0.3, -0.25) is 4.90 Å². The lowest BCUT2D eigenvalue weighted by Gasteiger charge is -2.35. The van der Waals surface area contributed by atoms with Gasteiger partial charge in [0.2, 0.25) is 0 Å². The Balaban J connectivity index is 2.47. The van der Waals surface area contributed by atoms with Crippen molar-refractivity contribution >= 4 is 0 Å². The van der Waals surface area contributed by atoms with Crippen LogP contribution in [-0.2, 0) is 0 Å². The summed E-state index contributed by atoms with van der Waals surface area (Å²) in [5.41, 5.74) is 0. The Hall–Kier alpha value is -0.290. The fourth-order valence-electron chi connectivity index (χ4n) is 2.15. The molecule has 5 heteroatoms. The van der Waals surface area contributed by atoms with Crippen molar-refractivity contribution in [3.8, 4) is 0 Å². The normalized spacial score (nSPS) is 19.3. The van der Waals surface area contributed by atoms with Crippen LogP contribution in [0.2, 0.25) is 0 Å². The second-order valence-corrected chi connectivity index (χ2v) is 4.42. The first-order chi connectivity index (χ1) is 7.53. The quantitative estimate of drug-likeness (QED) is 0.791. The van der Waals surface area contributed by atoms with E-state index in [9.17, 15) is 13.2 Å². The van der Waals surface area contributed by atoms with Crippen molar-refractivity contribution in [2.24, 2.45) is 0 Å². The van der Waals surface area contributed by atoms with E-state index < -0.39 is 12.7 Å². The number of nitrogens with zero attached hydrogens (tertiary/aromatic N) is 1. The summed E-state index contributed by atoms with van der Waals surface area (Å²) in [6, 6.07) is 0.106. The Bertz CT molecular complexity index is 188. The largest absolute Gasteiger partial charge is 0.401 e. The zero-order valence-electron chi connectivity index (χ0n) is 9.82. The highest BCUT2D eigenvalue weighted by atomic mass is 19.4. The predicted octanol–water partition coefficient (Wildman–Crippen LogP) is 2.40. The molecule has 2 nitrogen and oxygen atoms in total. The number of piperidine rings is 1. The van der Waals surface area contributed by atoms with Crippen LogP contribution in [0.15, 0.2) is 0 Å². The standard InChI is InChI=1S/C11H21F3N2/c1-2-3-8-16(9-11(12,13)14)10-4-6-15-7-5-10/h10,15H,2-9H2,1H3. The molecule has 0 radical (unpaired) electrons. The molecular weight excluding hydrogens is 217 g/mol. The van der Waals surface area contributed by atoms with E-state index in [-0.39, 0.29) is 6.04 Å². The molecule has 0 bridgehead atoms. The van der Waals surface area contributed by atoms with Crippen molar-refractivity contribution in [1.29, 1.82) is 0 Å². The van der Waals surface area contributed by atoms with Crippen molar-refractivity contribution in [3.05, 3.63) is 0 Å². The Kier molecular flexibility index (Phi) is 5.55. The maximum atomic E-state index is 12.4. The van der Waals surface area contributed by atoms with Gasteiger partial charge in [-0.05, 0) is 38.9 Å². The minimum absolute atomic E-state index is 0.106. The van der Waals surface area contributed by atoms with E-state index in [1.807, 2.05) is 6.92 Å². The summed E-state index contributed by atoms with van der Waals surface area (Å²) in [6.07, 6.45) is -0.614. The van der Waals surface area contributed by atoms with E-state index >= 15 is 0 Å². The van der Waals surface area contributed by atoms with Gasteiger partial charge < -0.3 is 5.32 Å². The second-order valence-electron chi connectivity index (χ2n) is 4.42. The SMILES string of the molecule is CCCCN(CC(F)(F)F)C1CCNCC1. The Labute approximate surface area is 95.2 Å². The lowest BCUT2D eigenvalue weighted by atomic mass is 10.0. The molecule has 0 amide bonds. The third-order valence-electron chi connectivity index (χ3n) is 3.01. The van der Waals surface area contributed by atoms with E-state index in [4.69, 9.17) is 0 Å². The Morgan fingerprint density at radius 2 is 1.88 bits per heavy atom. The highest BCUT2D eigenvalue weighted by Crippen LogP contribution is 2.21. The van der Waals surface area contributed by atoms with Gasteiger partial charge in [-0.15, -0.1) is 0 Å². The lowest BCUT2D eigenvalue weighted by molar-refractivity contribution is -0.152. The summed E-state index contributed by atoms with van der Waals surface area (Å²) in [5, 5.41) is 3.18. The predicted molar refractivity (Wildman–Crippen MR) is 58.4 cm³/mol. The van der Waals surface area contributed by atoms with Gasteiger partial charge in [0.25, 0.3) is 0 Å². The summed E-state index contributed by atoms with van der Waals surface area (Å²) in [5.74, 6) is 0. The molecule has 0 saturated carbocycles. The summed E-state index contributed by atoms with van der Waals surface area (Å²) in [6.45, 7) is 3.50. The van der Waals surface area contributed by atoms with Crippen LogP contribution in [0.4, 0.5) is 13.2 Å². The van der Waals surface area contributed by atoms with Crippen molar-refractivity contribution in [3.63, 3.8) is 0 Å². The van der Waals surface area contributed by atoms with Gasteiger partial charge in [0.15, 0.2) is 0 Å². The van der Waals surface area contributed by atoms with E-state index in [0.717, 1.165) is 38.8 Å². The monoisotopic (exact) mass is 238 g/mol. The van der Waals surface area contributed by atoms with Crippen LogP contribution in [0.25, 0.3) is 0 Å². The van der Waals surface area contributed by atoms with Gasteiger partial charge in [-0.2, -0.15) is 13.2 Å². The molecule has 1 N–H and O–H groups in total. The van der Waals surface area contributed by atoms with Crippen LogP contribution < -0.4 is 5.32 Å². The average molecular weight is 238 g/mol. The van der Waals surface area contributed by atoms with Crippen LogP contribution in [0.1, 0.15) is 32.6 Å². The summed E-state index contributed by atoms with van der Waals surface area (Å²) < 4.78 is 37.3. The third kappa shape index (κ3) is 5.16. The number of unbranched alkanes of at least 4 members (excludes halogenated alkanes) is 1. The highest BCUT2D eigenvalue weighted by molar-refractivity contribution is 4.79. The summed E-state index contributed by atoms with van der Waals surface area (Å²) in [7, 11) is 0. The minimum Gasteiger partial charge on any atom is -0.317 e. The van der Waals surface area contributed by atoms with Crippen molar-refractivity contribution in [1.82, 2.24) is 10.2 Å². The molecule has 96 valence electrons. The smallest absolute Gasteiger partial charge is 0.317 e. The molecule has 0 aromatic heterocycles. The number of alkyl halides is 3. The maximum Gasteiger partial charge on any atom is 0.401 e. The first-order valence-corrected chi connectivity index (χ1v) is 6.04. The van der Waals surface area contributed by atoms with Crippen LogP contribution >= 0.6 is 0 Å². The third-order valence-corrected chi connectivity index (χ3v) is 3.01. The Morgan fingerprint density at radius 1 is 1.25 bits per heavy atom. The van der Waals surface area contributed by atoms with E-state index in [1.54, 1.807) is 4.90 Å². The van der Waals surface area contributed by atoms with Gasteiger partial charge >= 0.3 is 6.18 Å². The van der Waals surface area contributed by atoms with Gasteiger partial charge in [0, 0.05) is 6.04 Å². The maximum absolute atomic E-state index is 12.4. The molecule has 0 aromatic carbocycles. The van der Waals surface area contributed by atoms with Crippen molar-refractivity contribution in [2.75, 3.05) is 26.2 Å². The van der Waals surface area contributed by atoms with E-state index in [2.05, 4.69) is 5.32 Å². The molecule has 1 heterocycles. The van der Waals surface area contributed by atoms with Crippen LogP contribution in [-0.4, -0.2) is 43.3 Å². The second kappa shape index (κ2) is 6.45. The number of halogens is 3. The summed E-state index contributed by atoms with van der Waals surface area (Å²) in [4.78, 5) is 1.62. The number of rotatable bonds is 5. The first kappa shape index (κ1) is 13.8. The van der Waals surface area contributed by atoms with Gasteiger partial charge in [-0.1, -0.05) is 13.3 Å². The van der Waals surface area contributed by atoms with Gasteiger partial charge in [0.05, 0.1) is 6.54 Å². The van der Waals surface area contributed by atoms with Crippen LogP contribution in [0.5, 0.6) is 0 Å². The van der Waals surface area contributed by atoms with E-state index in [0.29, 0.717) is 6.54 Å². The first-order valence-electron chi connectivity index (χ1n) is 6.04. The minimum atomic E-state index is -4.07. The molecule has 0 spiro atoms. The van der Waals surface area contributed by atoms with Gasteiger partial charge in [0.1, 0.15) is 0 Å². The molecule has 0 unspecified atom stereocenters. The van der Waals surface area contributed by atoms with Crippen molar-refractivity contribution < 1.29 is 13.2 Å². The molecular formula is C11H21F3N2. The number of nitrogens with one attached hydrogen (secondary N) is 1. The number of hydrogen-bond donors (Lipinski definition) is 1. The molecule has 1 rings (SSSR count). The average Bonchev–Trinajstić information content (AvgIpc) is 2.24. The molecule has 0 aliphatic carbocycles. The molecule has 1 fully saturated rings. The topological polar surface area (TPSA) is 15.3 Å². The Morgan fingerprint density at radius 3 is 2.38 bits per heavy atom. The fraction of sp³-hybridized carbons (Fsp3) is 1.00. The van der Waals surface area contributed by atoms with Crippen LogP contribution in [0, 0.1) is 0 Å². The highest BCUT2D eigenvalue weighted by Gasteiger charge is 2.33. The zero-order valence-corrected chi connectivity index (χ0v) is 9.82. The van der Waals surface area contributed by atoms with Crippen LogP contribution in [0.3, 0.4) is 0 Å². The lowest BCUT2D eigenvalue weighted by Crippen LogP contribution is -2.47. The van der Waals surface area contributed by atoms with Crippen molar-refractivity contribution in [2.45, 2.75) is 44.8 Å². The molecule has 1 aliphatic rings.